The predicted octanol–water partition coefficient (Wildman–Crippen LogP) is 4.02. The van der Waals surface area contributed by atoms with Crippen LogP contribution in [-0.4, -0.2) is 11.7 Å². The molecule has 0 aromatic heterocycles. The average Bonchev–Trinajstić information content (AvgIpc) is 2.39. The van der Waals surface area contributed by atoms with Gasteiger partial charge in [0.05, 0.1) is 0 Å². The Morgan fingerprint density at radius 3 is 2.21 bits per heavy atom. The van der Waals surface area contributed by atoms with Crippen molar-refractivity contribution in [1.29, 1.82) is 0 Å². The summed E-state index contributed by atoms with van der Waals surface area (Å²) in [6.45, 7) is -2.86. The average molecular weight is 285 g/mol. The van der Waals surface area contributed by atoms with Crippen LogP contribution in [0.2, 0.25) is 5.02 Å². The number of hydrogen-bond acceptors (Lipinski definition) is 2. The van der Waals surface area contributed by atoms with Gasteiger partial charge in [-0.1, -0.05) is 41.9 Å². The van der Waals surface area contributed by atoms with Crippen molar-refractivity contribution >= 4 is 11.6 Å². The van der Waals surface area contributed by atoms with Gasteiger partial charge in [-0.3, -0.25) is 0 Å². The van der Waals surface area contributed by atoms with Crippen LogP contribution in [-0.2, 0) is 0 Å². The van der Waals surface area contributed by atoms with E-state index in [0.29, 0.717) is 16.1 Å². The summed E-state index contributed by atoms with van der Waals surface area (Å²) in [4.78, 5) is 0. The van der Waals surface area contributed by atoms with Crippen LogP contribution in [0.15, 0.2) is 48.5 Å². The van der Waals surface area contributed by atoms with Crippen molar-refractivity contribution in [2.45, 2.75) is 12.7 Å². The highest BCUT2D eigenvalue weighted by atomic mass is 35.5. The molecule has 1 unspecified atom stereocenters. The molecule has 0 radical (unpaired) electrons. The molecule has 2 nitrogen and oxygen atoms in total. The third kappa shape index (κ3) is 3.43. The van der Waals surface area contributed by atoms with Gasteiger partial charge in [-0.15, -0.1) is 0 Å². The highest BCUT2D eigenvalue weighted by Crippen LogP contribution is 2.29. The van der Waals surface area contributed by atoms with E-state index in [9.17, 15) is 13.9 Å². The van der Waals surface area contributed by atoms with Gasteiger partial charge in [0.2, 0.25) is 0 Å². The first-order valence-corrected chi connectivity index (χ1v) is 5.93. The Kier molecular flexibility index (Phi) is 4.35. The molecule has 0 aliphatic rings. The van der Waals surface area contributed by atoms with Crippen LogP contribution in [0.1, 0.15) is 17.2 Å². The van der Waals surface area contributed by atoms with E-state index in [1.54, 1.807) is 24.3 Å². The standard InChI is InChI=1S/C14H11ClF2O2/c15-12-4-2-1-3-11(12)13(18)9-5-7-10(8-6-9)19-14(16)17/h1-8,13-14,18H. The SMILES string of the molecule is OC(c1ccc(OC(F)F)cc1)c1ccccc1Cl. The fourth-order valence-electron chi connectivity index (χ4n) is 1.71. The number of aliphatic hydroxyl groups excluding tert-OH is 1. The molecule has 1 N–H and O–H groups in total. The Bertz CT molecular complexity index is 543. The summed E-state index contributed by atoms with van der Waals surface area (Å²) in [7, 11) is 0. The smallest absolute Gasteiger partial charge is 0.387 e. The first-order valence-electron chi connectivity index (χ1n) is 5.55. The van der Waals surface area contributed by atoms with E-state index in [-0.39, 0.29) is 5.75 Å². The molecule has 19 heavy (non-hydrogen) atoms. The quantitative estimate of drug-likeness (QED) is 0.919. The van der Waals surface area contributed by atoms with Crippen molar-refractivity contribution < 1.29 is 18.6 Å². The summed E-state index contributed by atoms with van der Waals surface area (Å²) in [6, 6.07) is 12.7. The van der Waals surface area contributed by atoms with E-state index in [0.717, 1.165) is 0 Å². The van der Waals surface area contributed by atoms with Crippen molar-refractivity contribution in [3.63, 3.8) is 0 Å². The number of aliphatic hydroxyl groups is 1. The minimum Gasteiger partial charge on any atom is -0.435 e. The third-order valence-electron chi connectivity index (χ3n) is 2.62. The highest BCUT2D eigenvalue weighted by Gasteiger charge is 2.13. The molecule has 2 aromatic rings. The fraction of sp³-hybridized carbons (Fsp3) is 0.143. The Labute approximate surface area is 114 Å². The van der Waals surface area contributed by atoms with Gasteiger partial charge in [-0.05, 0) is 23.8 Å². The van der Waals surface area contributed by atoms with Gasteiger partial charge in [-0.2, -0.15) is 8.78 Å². The zero-order valence-electron chi connectivity index (χ0n) is 9.76. The molecule has 0 aliphatic carbocycles. The zero-order valence-corrected chi connectivity index (χ0v) is 10.5. The molecular formula is C14H11ClF2O2. The Morgan fingerprint density at radius 1 is 1.00 bits per heavy atom. The first kappa shape index (κ1) is 13.8. The Balaban J connectivity index is 2.20. The Morgan fingerprint density at radius 2 is 1.63 bits per heavy atom. The molecule has 2 rings (SSSR count). The second kappa shape index (κ2) is 5.99. The molecule has 0 saturated carbocycles. The maximum absolute atomic E-state index is 12.0. The van der Waals surface area contributed by atoms with Crippen molar-refractivity contribution in [3.05, 3.63) is 64.7 Å². The van der Waals surface area contributed by atoms with E-state index in [1.807, 2.05) is 0 Å². The Hall–Kier alpha value is -1.65. The fourth-order valence-corrected chi connectivity index (χ4v) is 1.95. The van der Waals surface area contributed by atoms with Crippen LogP contribution in [0.25, 0.3) is 0 Å². The van der Waals surface area contributed by atoms with Gasteiger partial charge in [0.15, 0.2) is 0 Å². The van der Waals surface area contributed by atoms with Crippen molar-refractivity contribution in [1.82, 2.24) is 0 Å². The normalized spacial score (nSPS) is 12.5. The van der Waals surface area contributed by atoms with Crippen LogP contribution in [0, 0.1) is 0 Å². The molecular weight excluding hydrogens is 274 g/mol. The molecule has 1 atom stereocenters. The molecule has 0 spiro atoms. The van der Waals surface area contributed by atoms with Gasteiger partial charge in [-0.25, -0.2) is 0 Å². The lowest BCUT2D eigenvalue weighted by Gasteiger charge is -2.13. The van der Waals surface area contributed by atoms with Gasteiger partial charge in [0.25, 0.3) is 0 Å². The highest BCUT2D eigenvalue weighted by molar-refractivity contribution is 6.31. The molecule has 0 fully saturated rings. The van der Waals surface area contributed by atoms with Crippen LogP contribution >= 0.6 is 11.6 Å². The summed E-state index contributed by atoms with van der Waals surface area (Å²) in [5, 5.41) is 10.6. The van der Waals surface area contributed by atoms with Gasteiger partial charge in [0, 0.05) is 10.6 Å². The van der Waals surface area contributed by atoms with Gasteiger partial charge < -0.3 is 9.84 Å². The number of hydrogen-bond donors (Lipinski definition) is 1. The molecule has 5 heteroatoms. The van der Waals surface area contributed by atoms with E-state index < -0.39 is 12.7 Å². The predicted molar refractivity (Wildman–Crippen MR) is 68.6 cm³/mol. The third-order valence-corrected chi connectivity index (χ3v) is 2.97. The molecule has 100 valence electrons. The summed E-state index contributed by atoms with van der Waals surface area (Å²) in [5.74, 6) is 0.0464. The van der Waals surface area contributed by atoms with Crippen molar-refractivity contribution in [3.8, 4) is 5.75 Å². The lowest BCUT2D eigenvalue weighted by atomic mass is 10.0. The second-order valence-electron chi connectivity index (χ2n) is 3.87. The number of alkyl halides is 2. The summed E-state index contributed by atoms with van der Waals surface area (Å²) < 4.78 is 28.3. The largest absolute Gasteiger partial charge is 0.435 e. The van der Waals surface area contributed by atoms with E-state index in [4.69, 9.17) is 11.6 Å². The van der Waals surface area contributed by atoms with Crippen molar-refractivity contribution in [2.24, 2.45) is 0 Å². The van der Waals surface area contributed by atoms with Crippen molar-refractivity contribution in [2.75, 3.05) is 0 Å². The number of ether oxygens (including phenoxy) is 1. The summed E-state index contributed by atoms with van der Waals surface area (Å²) in [5.41, 5.74) is 1.11. The summed E-state index contributed by atoms with van der Waals surface area (Å²) in [6.07, 6.45) is -0.908. The molecule has 0 aliphatic heterocycles. The monoisotopic (exact) mass is 284 g/mol. The lowest BCUT2D eigenvalue weighted by Crippen LogP contribution is -2.03. The molecule has 0 amide bonds. The van der Waals surface area contributed by atoms with Crippen LogP contribution in [0.4, 0.5) is 8.78 Å². The van der Waals surface area contributed by atoms with E-state index in [1.165, 1.54) is 24.3 Å². The number of halogens is 3. The molecule has 0 heterocycles. The lowest BCUT2D eigenvalue weighted by molar-refractivity contribution is -0.0498. The summed E-state index contributed by atoms with van der Waals surface area (Å²) >= 11 is 5.99. The van der Waals surface area contributed by atoms with Gasteiger partial charge in [0.1, 0.15) is 11.9 Å². The van der Waals surface area contributed by atoms with Crippen LogP contribution in [0.5, 0.6) is 5.75 Å². The second-order valence-corrected chi connectivity index (χ2v) is 4.28. The van der Waals surface area contributed by atoms with E-state index >= 15 is 0 Å². The zero-order chi connectivity index (χ0) is 13.8. The number of rotatable bonds is 4. The maximum atomic E-state index is 12.0. The topological polar surface area (TPSA) is 29.5 Å². The maximum Gasteiger partial charge on any atom is 0.387 e. The molecule has 0 saturated heterocycles. The minimum atomic E-state index is -2.86. The van der Waals surface area contributed by atoms with Crippen LogP contribution < -0.4 is 4.74 Å². The minimum absolute atomic E-state index is 0.0464. The number of benzene rings is 2. The first-order chi connectivity index (χ1) is 9.08. The van der Waals surface area contributed by atoms with Gasteiger partial charge >= 0.3 is 6.61 Å². The molecule has 0 bridgehead atoms. The molecule has 2 aromatic carbocycles. The van der Waals surface area contributed by atoms with E-state index in [2.05, 4.69) is 4.74 Å². The van der Waals surface area contributed by atoms with Crippen LogP contribution in [0.3, 0.4) is 0 Å².